The Labute approximate surface area is 78.1 Å². The molecule has 0 aliphatic carbocycles. The minimum absolute atomic E-state index is 0.0799. The summed E-state index contributed by atoms with van der Waals surface area (Å²) in [5.74, 6) is 0. The van der Waals surface area contributed by atoms with E-state index in [4.69, 9.17) is 10.5 Å². The summed E-state index contributed by atoms with van der Waals surface area (Å²) in [6.07, 6.45) is 0. The summed E-state index contributed by atoms with van der Waals surface area (Å²) in [7, 11) is 1.64. The van der Waals surface area contributed by atoms with Crippen LogP contribution >= 0.6 is 12.6 Å². The molecule has 0 amide bonds. The van der Waals surface area contributed by atoms with Gasteiger partial charge in [-0.2, -0.15) is 0 Å². The molecule has 3 heteroatoms. The maximum absolute atomic E-state index is 5.83. The van der Waals surface area contributed by atoms with Gasteiger partial charge in [0.25, 0.3) is 0 Å². The summed E-state index contributed by atoms with van der Waals surface area (Å²) in [6, 6.07) is 7.69. The second kappa shape index (κ2) is 4.50. The lowest BCUT2D eigenvalue weighted by Gasteiger charge is -2.12. The molecule has 2 N–H and O–H groups in total. The van der Waals surface area contributed by atoms with E-state index in [0.717, 1.165) is 10.5 Å². The fraction of sp³-hybridized carbons (Fsp3) is 0.333. The van der Waals surface area contributed by atoms with Crippen LogP contribution in [0.5, 0.6) is 0 Å². The predicted molar refractivity (Wildman–Crippen MR) is 52.5 cm³/mol. The van der Waals surface area contributed by atoms with Gasteiger partial charge in [-0.3, -0.25) is 0 Å². The van der Waals surface area contributed by atoms with Crippen molar-refractivity contribution < 1.29 is 4.74 Å². The first-order valence-electron chi connectivity index (χ1n) is 3.78. The second-order valence-corrected chi connectivity index (χ2v) is 3.10. The average molecular weight is 183 g/mol. The Balaban J connectivity index is 2.79. The fourth-order valence-electron chi connectivity index (χ4n) is 1.07. The zero-order chi connectivity index (χ0) is 8.97. The molecule has 0 saturated heterocycles. The summed E-state index contributed by atoms with van der Waals surface area (Å²) >= 11 is 4.29. The zero-order valence-corrected chi connectivity index (χ0v) is 7.92. The van der Waals surface area contributed by atoms with Crippen LogP contribution in [0.4, 0.5) is 0 Å². The Morgan fingerprint density at radius 1 is 1.50 bits per heavy atom. The van der Waals surface area contributed by atoms with Gasteiger partial charge in [0.2, 0.25) is 0 Å². The number of hydrogen-bond acceptors (Lipinski definition) is 3. The molecule has 66 valence electrons. The summed E-state index contributed by atoms with van der Waals surface area (Å²) in [5, 5.41) is 0. The molecule has 0 aromatic heterocycles. The SMILES string of the molecule is COCC(N)c1ccccc1S. The average Bonchev–Trinajstić information content (AvgIpc) is 2.05. The monoisotopic (exact) mass is 183 g/mol. The summed E-state index contributed by atoms with van der Waals surface area (Å²) in [5.41, 5.74) is 6.86. The van der Waals surface area contributed by atoms with Crippen molar-refractivity contribution in [3.8, 4) is 0 Å². The molecule has 1 aromatic rings. The second-order valence-electron chi connectivity index (χ2n) is 2.62. The van der Waals surface area contributed by atoms with Gasteiger partial charge in [0.05, 0.1) is 12.6 Å². The normalized spacial score (nSPS) is 12.9. The van der Waals surface area contributed by atoms with Crippen LogP contribution < -0.4 is 5.73 Å². The van der Waals surface area contributed by atoms with Crippen LogP contribution in [0.2, 0.25) is 0 Å². The van der Waals surface area contributed by atoms with Gasteiger partial charge in [-0.05, 0) is 11.6 Å². The van der Waals surface area contributed by atoms with Crippen molar-refractivity contribution in [1.29, 1.82) is 0 Å². The molecular weight excluding hydrogens is 170 g/mol. The van der Waals surface area contributed by atoms with Gasteiger partial charge in [0.15, 0.2) is 0 Å². The molecular formula is C9H13NOS. The van der Waals surface area contributed by atoms with E-state index in [-0.39, 0.29) is 6.04 Å². The molecule has 0 heterocycles. The molecule has 2 nitrogen and oxygen atoms in total. The van der Waals surface area contributed by atoms with E-state index < -0.39 is 0 Å². The molecule has 12 heavy (non-hydrogen) atoms. The third-order valence-corrected chi connectivity index (χ3v) is 2.09. The quantitative estimate of drug-likeness (QED) is 0.698. The highest BCUT2D eigenvalue weighted by Crippen LogP contribution is 2.18. The lowest BCUT2D eigenvalue weighted by molar-refractivity contribution is 0.180. The van der Waals surface area contributed by atoms with Gasteiger partial charge >= 0.3 is 0 Å². The highest BCUT2D eigenvalue weighted by atomic mass is 32.1. The van der Waals surface area contributed by atoms with Crippen LogP contribution in [0.1, 0.15) is 11.6 Å². The minimum atomic E-state index is -0.0799. The fourth-order valence-corrected chi connectivity index (χ4v) is 1.40. The summed E-state index contributed by atoms with van der Waals surface area (Å²) < 4.78 is 4.95. The first kappa shape index (κ1) is 9.58. The van der Waals surface area contributed by atoms with E-state index >= 15 is 0 Å². The third-order valence-electron chi connectivity index (χ3n) is 1.68. The van der Waals surface area contributed by atoms with Crippen LogP contribution in [-0.4, -0.2) is 13.7 Å². The molecule has 0 radical (unpaired) electrons. The predicted octanol–water partition coefficient (Wildman–Crippen LogP) is 1.62. The minimum Gasteiger partial charge on any atom is -0.383 e. The van der Waals surface area contributed by atoms with Crippen molar-refractivity contribution in [1.82, 2.24) is 0 Å². The van der Waals surface area contributed by atoms with Gasteiger partial charge in [-0.1, -0.05) is 18.2 Å². The maximum Gasteiger partial charge on any atom is 0.0655 e. The van der Waals surface area contributed by atoms with E-state index in [2.05, 4.69) is 12.6 Å². The number of methoxy groups -OCH3 is 1. The van der Waals surface area contributed by atoms with Crippen LogP contribution in [0.3, 0.4) is 0 Å². The Morgan fingerprint density at radius 3 is 2.75 bits per heavy atom. The molecule has 0 spiro atoms. The lowest BCUT2D eigenvalue weighted by atomic mass is 10.1. The molecule has 0 saturated carbocycles. The van der Waals surface area contributed by atoms with Gasteiger partial charge in [0, 0.05) is 12.0 Å². The Bertz CT molecular complexity index is 252. The number of nitrogens with two attached hydrogens (primary N) is 1. The lowest BCUT2D eigenvalue weighted by Crippen LogP contribution is -2.16. The Morgan fingerprint density at radius 2 is 2.17 bits per heavy atom. The summed E-state index contributed by atoms with van der Waals surface area (Å²) in [4.78, 5) is 0.919. The molecule has 1 unspecified atom stereocenters. The van der Waals surface area contributed by atoms with Gasteiger partial charge < -0.3 is 10.5 Å². The third kappa shape index (κ3) is 2.24. The first-order valence-corrected chi connectivity index (χ1v) is 4.23. The van der Waals surface area contributed by atoms with Crippen molar-refractivity contribution >= 4 is 12.6 Å². The Hall–Kier alpha value is -0.510. The molecule has 1 atom stereocenters. The molecule has 1 rings (SSSR count). The zero-order valence-electron chi connectivity index (χ0n) is 7.03. The number of hydrogen-bond donors (Lipinski definition) is 2. The topological polar surface area (TPSA) is 35.2 Å². The van der Waals surface area contributed by atoms with Crippen molar-refractivity contribution in [2.24, 2.45) is 5.73 Å². The van der Waals surface area contributed by atoms with Gasteiger partial charge in [-0.25, -0.2) is 0 Å². The van der Waals surface area contributed by atoms with Crippen LogP contribution in [-0.2, 0) is 4.74 Å². The van der Waals surface area contributed by atoms with Crippen molar-refractivity contribution in [2.45, 2.75) is 10.9 Å². The maximum atomic E-state index is 5.83. The highest BCUT2D eigenvalue weighted by molar-refractivity contribution is 7.80. The molecule has 1 aromatic carbocycles. The number of thiol groups is 1. The number of ether oxygens (including phenoxy) is 1. The number of benzene rings is 1. The molecule has 0 aliphatic heterocycles. The van der Waals surface area contributed by atoms with Gasteiger partial charge in [-0.15, -0.1) is 12.6 Å². The first-order chi connectivity index (χ1) is 5.75. The van der Waals surface area contributed by atoms with E-state index in [1.807, 2.05) is 24.3 Å². The molecule has 0 fully saturated rings. The molecule has 0 bridgehead atoms. The highest BCUT2D eigenvalue weighted by Gasteiger charge is 2.07. The van der Waals surface area contributed by atoms with E-state index in [1.165, 1.54) is 0 Å². The van der Waals surface area contributed by atoms with Crippen LogP contribution in [0.25, 0.3) is 0 Å². The molecule has 0 aliphatic rings. The van der Waals surface area contributed by atoms with E-state index in [9.17, 15) is 0 Å². The Kier molecular flexibility index (Phi) is 3.59. The summed E-state index contributed by atoms with van der Waals surface area (Å²) in [6.45, 7) is 0.525. The van der Waals surface area contributed by atoms with E-state index in [1.54, 1.807) is 7.11 Å². The smallest absolute Gasteiger partial charge is 0.0655 e. The van der Waals surface area contributed by atoms with Crippen LogP contribution in [0, 0.1) is 0 Å². The largest absolute Gasteiger partial charge is 0.383 e. The van der Waals surface area contributed by atoms with Crippen molar-refractivity contribution in [3.05, 3.63) is 29.8 Å². The standard InChI is InChI=1S/C9H13NOS/c1-11-6-8(10)7-4-2-3-5-9(7)12/h2-5,8,12H,6,10H2,1H3. The van der Waals surface area contributed by atoms with Crippen LogP contribution in [0.15, 0.2) is 29.2 Å². The van der Waals surface area contributed by atoms with Crippen molar-refractivity contribution in [2.75, 3.05) is 13.7 Å². The van der Waals surface area contributed by atoms with Gasteiger partial charge in [0.1, 0.15) is 0 Å². The van der Waals surface area contributed by atoms with E-state index in [0.29, 0.717) is 6.61 Å². The number of rotatable bonds is 3. The van der Waals surface area contributed by atoms with Crippen molar-refractivity contribution in [3.63, 3.8) is 0 Å².